The molecule has 9 heteroatoms. The van der Waals surface area contributed by atoms with Gasteiger partial charge < -0.3 is 29.6 Å². The molecule has 0 spiro atoms. The molecule has 0 bridgehead atoms. The Morgan fingerprint density at radius 1 is 0.967 bits per heavy atom. The van der Waals surface area contributed by atoms with Crippen LogP contribution < -0.4 is 29.6 Å². The van der Waals surface area contributed by atoms with Crippen LogP contribution in [0.2, 0.25) is 0 Å². The highest BCUT2D eigenvalue weighted by molar-refractivity contribution is 5.79. The van der Waals surface area contributed by atoms with Gasteiger partial charge in [0.25, 0.3) is 0 Å². The van der Waals surface area contributed by atoms with E-state index in [0.717, 1.165) is 5.56 Å². The van der Waals surface area contributed by atoms with Gasteiger partial charge >= 0.3 is 6.61 Å². The number of nitrogens with one attached hydrogen (secondary N) is 2. The molecule has 164 valence electrons. The maximum Gasteiger partial charge on any atom is 0.387 e. The standard InChI is InChI=1S/C21H27F2N3O4/c1-24-21(26-13-14-7-5-6-8-17(14)30-20(22)23)25-10-9-16-18(28-3)11-15(27-2)12-19(16)29-4/h5-8,11-12,20H,9-10,13H2,1-4H3,(H2,24,25,26). The van der Waals surface area contributed by atoms with Gasteiger partial charge in [0.05, 0.1) is 21.3 Å². The normalized spacial score (nSPS) is 11.2. The van der Waals surface area contributed by atoms with Crippen molar-refractivity contribution in [3.05, 3.63) is 47.5 Å². The largest absolute Gasteiger partial charge is 0.496 e. The number of guanidine groups is 1. The Balaban J connectivity index is 1.98. The van der Waals surface area contributed by atoms with Crippen molar-refractivity contribution < 1.29 is 27.7 Å². The fraction of sp³-hybridized carbons (Fsp3) is 0.381. The zero-order valence-corrected chi connectivity index (χ0v) is 17.5. The molecule has 0 unspecified atom stereocenters. The molecule has 30 heavy (non-hydrogen) atoms. The molecule has 0 radical (unpaired) electrons. The van der Waals surface area contributed by atoms with E-state index in [2.05, 4.69) is 20.4 Å². The third kappa shape index (κ3) is 6.40. The van der Waals surface area contributed by atoms with Crippen LogP contribution in [0.15, 0.2) is 41.4 Å². The first-order valence-electron chi connectivity index (χ1n) is 9.28. The van der Waals surface area contributed by atoms with Crippen molar-refractivity contribution >= 4 is 5.96 Å². The average Bonchev–Trinajstić information content (AvgIpc) is 2.76. The van der Waals surface area contributed by atoms with Gasteiger partial charge in [-0.3, -0.25) is 4.99 Å². The minimum Gasteiger partial charge on any atom is -0.496 e. The predicted molar refractivity (Wildman–Crippen MR) is 111 cm³/mol. The van der Waals surface area contributed by atoms with Crippen molar-refractivity contribution in [2.45, 2.75) is 19.6 Å². The summed E-state index contributed by atoms with van der Waals surface area (Å²) in [6.45, 7) is -2.07. The van der Waals surface area contributed by atoms with Crippen LogP contribution in [0.3, 0.4) is 0 Å². The van der Waals surface area contributed by atoms with Gasteiger partial charge in [0.1, 0.15) is 23.0 Å². The van der Waals surface area contributed by atoms with Crippen molar-refractivity contribution in [3.63, 3.8) is 0 Å². The molecule has 2 aromatic rings. The molecule has 2 N–H and O–H groups in total. The zero-order valence-electron chi connectivity index (χ0n) is 17.5. The lowest BCUT2D eigenvalue weighted by molar-refractivity contribution is -0.0504. The van der Waals surface area contributed by atoms with E-state index in [1.54, 1.807) is 58.7 Å². The Morgan fingerprint density at radius 2 is 1.63 bits per heavy atom. The molecule has 0 aromatic heterocycles. The molecule has 0 saturated heterocycles. The number of aliphatic imine (C=N–C) groups is 1. The maximum atomic E-state index is 12.6. The van der Waals surface area contributed by atoms with Crippen LogP contribution in [0.4, 0.5) is 8.78 Å². The van der Waals surface area contributed by atoms with Gasteiger partial charge in [-0.15, -0.1) is 0 Å². The molecule has 0 aliphatic rings. The number of methoxy groups -OCH3 is 3. The topological polar surface area (TPSA) is 73.3 Å². The Hall–Kier alpha value is -3.23. The first-order valence-corrected chi connectivity index (χ1v) is 9.28. The lowest BCUT2D eigenvalue weighted by atomic mass is 10.1. The lowest BCUT2D eigenvalue weighted by Gasteiger charge is -2.17. The first-order chi connectivity index (χ1) is 14.5. The monoisotopic (exact) mass is 423 g/mol. The van der Waals surface area contributed by atoms with Crippen molar-refractivity contribution in [2.75, 3.05) is 34.9 Å². The van der Waals surface area contributed by atoms with Crippen molar-refractivity contribution in [1.29, 1.82) is 0 Å². The van der Waals surface area contributed by atoms with Gasteiger partial charge in [0.15, 0.2) is 5.96 Å². The van der Waals surface area contributed by atoms with E-state index < -0.39 is 6.61 Å². The van der Waals surface area contributed by atoms with Gasteiger partial charge in [-0.05, 0) is 12.5 Å². The summed E-state index contributed by atoms with van der Waals surface area (Å²) < 4.78 is 45.8. The van der Waals surface area contributed by atoms with E-state index >= 15 is 0 Å². The lowest BCUT2D eigenvalue weighted by Crippen LogP contribution is -2.38. The number of nitrogens with zero attached hydrogens (tertiary/aromatic N) is 1. The van der Waals surface area contributed by atoms with Crippen LogP contribution in [0.1, 0.15) is 11.1 Å². The van der Waals surface area contributed by atoms with Crippen LogP contribution in [-0.2, 0) is 13.0 Å². The van der Waals surface area contributed by atoms with Gasteiger partial charge in [-0.1, -0.05) is 18.2 Å². The van der Waals surface area contributed by atoms with E-state index in [1.165, 1.54) is 6.07 Å². The summed E-state index contributed by atoms with van der Waals surface area (Å²) in [5, 5.41) is 6.28. The highest BCUT2D eigenvalue weighted by Gasteiger charge is 2.14. The van der Waals surface area contributed by atoms with Crippen LogP contribution in [0.5, 0.6) is 23.0 Å². The second-order valence-electron chi connectivity index (χ2n) is 6.10. The van der Waals surface area contributed by atoms with Crippen LogP contribution in [0, 0.1) is 0 Å². The van der Waals surface area contributed by atoms with Gasteiger partial charge in [-0.2, -0.15) is 8.78 Å². The van der Waals surface area contributed by atoms with E-state index in [1.807, 2.05) is 0 Å². The molecule has 2 rings (SSSR count). The van der Waals surface area contributed by atoms with Crippen molar-refractivity contribution in [1.82, 2.24) is 10.6 Å². The van der Waals surface area contributed by atoms with E-state index in [4.69, 9.17) is 14.2 Å². The van der Waals surface area contributed by atoms with Gasteiger partial charge in [-0.25, -0.2) is 0 Å². The van der Waals surface area contributed by atoms with Crippen LogP contribution >= 0.6 is 0 Å². The maximum absolute atomic E-state index is 12.6. The number of ether oxygens (including phenoxy) is 4. The molecule has 0 heterocycles. The SMILES string of the molecule is CN=C(NCCc1c(OC)cc(OC)cc1OC)NCc1ccccc1OC(F)F. The van der Waals surface area contributed by atoms with Crippen molar-refractivity contribution in [2.24, 2.45) is 4.99 Å². The number of para-hydroxylation sites is 1. The summed E-state index contributed by atoms with van der Waals surface area (Å²) >= 11 is 0. The minimum atomic E-state index is -2.88. The Bertz CT molecular complexity index is 822. The fourth-order valence-electron chi connectivity index (χ4n) is 2.89. The van der Waals surface area contributed by atoms with Crippen LogP contribution in [0.25, 0.3) is 0 Å². The molecular weight excluding hydrogens is 396 g/mol. The Kier molecular flexibility index (Phi) is 8.99. The predicted octanol–water partition coefficient (Wildman–Crippen LogP) is 3.22. The summed E-state index contributed by atoms with van der Waals surface area (Å²) in [6.07, 6.45) is 0.599. The number of benzene rings is 2. The third-order valence-corrected chi connectivity index (χ3v) is 4.34. The van der Waals surface area contributed by atoms with E-state index in [9.17, 15) is 8.78 Å². The highest BCUT2D eigenvalue weighted by Crippen LogP contribution is 2.34. The summed E-state index contributed by atoms with van der Waals surface area (Å²) in [5.41, 5.74) is 1.48. The first kappa shape index (κ1) is 23.1. The van der Waals surface area contributed by atoms with E-state index in [0.29, 0.717) is 41.7 Å². The minimum absolute atomic E-state index is 0.128. The molecule has 0 amide bonds. The number of halogens is 2. The number of hydrogen-bond donors (Lipinski definition) is 2. The van der Waals surface area contributed by atoms with Gasteiger partial charge in [0.2, 0.25) is 0 Å². The highest BCUT2D eigenvalue weighted by atomic mass is 19.3. The molecule has 0 saturated carbocycles. The van der Waals surface area contributed by atoms with Gasteiger partial charge in [0, 0.05) is 43.4 Å². The fourth-order valence-corrected chi connectivity index (χ4v) is 2.89. The molecule has 0 aliphatic heterocycles. The summed E-state index contributed by atoms with van der Waals surface area (Å²) in [7, 11) is 6.39. The molecule has 0 aliphatic carbocycles. The number of hydrogen-bond acceptors (Lipinski definition) is 5. The second kappa shape index (κ2) is 11.7. The summed E-state index contributed by atoms with van der Waals surface area (Å²) in [4.78, 5) is 4.16. The quantitative estimate of drug-likeness (QED) is 0.452. The Labute approximate surface area is 175 Å². The van der Waals surface area contributed by atoms with Crippen molar-refractivity contribution in [3.8, 4) is 23.0 Å². The Morgan fingerprint density at radius 3 is 2.20 bits per heavy atom. The third-order valence-electron chi connectivity index (χ3n) is 4.34. The van der Waals surface area contributed by atoms with Crippen LogP contribution in [-0.4, -0.2) is 47.5 Å². The smallest absolute Gasteiger partial charge is 0.387 e. The number of rotatable bonds is 10. The zero-order chi connectivity index (χ0) is 21.9. The average molecular weight is 423 g/mol. The summed E-state index contributed by atoms with van der Waals surface area (Å²) in [5.74, 6) is 2.61. The molecule has 2 aromatic carbocycles. The molecule has 7 nitrogen and oxygen atoms in total. The summed E-state index contributed by atoms with van der Waals surface area (Å²) in [6, 6.07) is 10.2. The number of alkyl halides is 2. The second-order valence-corrected chi connectivity index (χ2v) is 6.10. The molecule has 0 fully saturated rings. The molecule has 0 atom stereocenters. The molecular formula is C21H27F2N3O4. The van der Waals surface area contributed by atoms with E-state index in [-0.39, 0.29) is 12.3 Å².